The average Bonchev–Trinajstić information content (AvgIpc) is 2.99. The Labute approximate surface area is 119 Å². The molecule has 108 valence electrons. The molecule has 1 aliphatic rings. The van der Waals surface area contributed by atoms with Crippen LogP contribution in [0.1, 0.15) is 24.6 Å². The summed E-state index contributed by atoms with van der Waals surface area (Å²) in [5.41, 5.74) is 10.1. The monoisotopic (exact) mass is 274 g/mol. The lowest BCUT2D eigenvalue weighted by molar-refractivity contribution is 0.201. The van der Waals surface area contributed by atoms with Gasteiger partial charge in [-0.3, -0.25) is 0 Å². The number of aliphatic hydroxyl groups excluding tert-OH is 1. The molecule has 0 radical (unpaired) electrons. The van der Waals surface area contributed by atoms with Crippen LogP contribution in [0.2, 0.25) is 0 Å². The van der Waals surface area contributed by atoms with E-state index in [2.05, 4.69) is 23.6 Å². The van der Waals surface area contributed by atoms with Crippen molar-refractivity contribution in [2.75, 3.05) is 13.2 Å². The molecule has 0 saturated heterocycles. The van der Waals surface area contributed by atoms with Crippen LogP contribution in [0.4, 0.5) is 0 Å². The third kappa shape index (κ3) is 2.30. The Balaban J connectivity index is 2.07. The summed E-state index contributed by atoms with van der Waals surface area (Å²) in [7, 11) is 0. The third-order valence-electron chi connectivity index (χ3n) is 3.94. The van der Waals surface area contributed by atoms with E-state index in [1.807, 2.05) is 6.07 Å². The molecule has 2 heterocycles. The van der Waals surface area contributed by atoms with Crippen molar-refractivity contribution in [2.24, 2.45) is 5.73 Å². The van der Waals surface area contributed by atoms with Gasteiger partial charge in [0.2, 0.25) is 0 Å². The molecule has 20 heavy (non-hydrogen) atoms. The summed E-state index contributed by atoms with van der Waals surface area (Å²) in [6.07, 6.45) is 3.27. The maximum Gasteiger partial charge on any atom is 0.120 e. The lowest BCUT2D eigenvalue weighted by Crippen LogP contribution is -2.18. The van der Waals surface area contributed by atoms with Crippen LogP contribution in [0, 0.1) is 0 Å². The highest BCUT2D eigenvalue weighted by Gasteiger charge is 2.21. The first-order valence-electron chi connectivity index (χ1n) is 7.34. The molecule has 2 aromatic rings. The maximum atomic E-state index is 8.86. The Kier molecular flexibility index (Phi) is 3.68. The molecule has 1 aromatic carbocycles. The van der Waals surface area contributed by atoms with E-state index in [4.69, 9.17) is 15.6 Å². The zero-order valence-corrected chi connectivity index (χ0v) is 11.9. The van der Waals surface area contributed by atoms with Gasteiger partial charge in [0.1, 0.15) is 12.4 Å². The summed E-state index contributed by atoms with van der Waals surface area (Å²) in [4.78, 5) is 0. The first-order chi connectivity index (χ1) is 9.70. The van der Waals surface area contributed by atoms with Crippen molar-refractivity contribution in [1.29, 1.82) is 0 Å². The molecule has 1 atom stereocenters. The normalized spacial score (nSPS) is 15.6. The van der Waals surface area contributed by atoms with E-state index in [-0.39, 0.29) is 12.6 Å². The molecule has 0 spiro atoms. The fourth-order valence-corrected chi connectivity index (χ4v) is 3.20. The van der Waals surface area contributed by atoms with E-state index >= 15 is 0 Å². The van der Waals surface area contributed by atoms with E-state index in [1.54, 1.807) is 0 Å². The lowest BCUT2D eigenvalue weighted by Gasteiger charge is -2.08. The highest BCUT2D eigenvalue weighted by Crippen LogP contribution is 2.34. The topological polar surface area (TPSA) is 60.4 Å². The first kappa shape index (κ1) is 13.5. The molecule has 1 aliphatic heterocycles. The Morgan fingerprint density at radius 3 is 3.05 bits per heavy atom. The molecule has 3 rings (SSSR count). The van der Waals surface area contributed by atoms with Gasteiger partial charge in [0, 0.05) is 29.2 Å². The van der Waals surface area contributed by atoms with Crippen LogP contribution < -0.4 is 10.5 Å². The molecule has 3 N–H and O–H groups in total. The average molecular weight is 274 g/mol. The van der Waals surface area contributed by atoms with E-state index in [1.165, 1.54) is 28.6 Å². The molecule has 0 aliphatic carbocycles. The second-order valence-electron chi connectivity index (χ2n) is 5.61. The predicted molar refractivity (Wildman–Crippen MR) is 80.2 cm³/mol. The van der Waals surface area contributed by atoms with Gasteiger partial charge in [-0.1, -0.05) is 0 Å². The highest BCUT2D eigenvalue weighted by atomic mass is 16.5. The van der Waals surface area contributed by atoms with Gasteiger partial charge in [-0.2, -0.15) is 0 Å². The number of ether oxygens (including phenoxy) is 1. The fraction of sp³-hybridized carbons (Fsp3) is 0.500. The SMILES string of the molecule is CC(N)Cc1c2n(c3ccc(OCCO)cc13)CCC2. The smallest absolute Gasteiger partial charge is 0.120 e. The number of fused-ring (bicyclic) bond motifs is 3. The van der Waals surface area contributed by atoms with Crippen molar-refractivity contribution in [1.82, 2.24) is 4.57 Å². The van der Waals surface area contributed by atoms with Crippen molar-refractivity contribution in [2.45, 2.75) is 38.8 Å². The minimum atomic E-state index is 0.0387. The van der Waals surface area contributed by atoms with Crippen LogP contribution in [0.3, 0.4) is 0 Å². The number of nitrogens with two attached hydrogens (primary N) is 1. The van der Waals surface area contributed by atoms with Crippen LogP contribution in [-0.4, -0.2) is 28.9 Å². The van der Waals surface area contributed by atoms with Gasteiger partial charge in [-0.05, 0) is 49.9 Å². The van der Waals surface area contributed by atoms with Gasteiger partial charge in [-0.15, -0.1) is 0 Å². The van der Waals surface area contributed by atoms with E-state index in [9.17, 15) is 0 Å². The Morgan fingerprint density at radius 2 is 2.30 bits per heavy atom. The van der Waals surface area contributed by atoms with Crippen molar-refractivity contribution in [3.63, 3.8) is 0 Å². The van der Waals surface area contributed by atoms with Crippen molar-refractivity contribution in [3.05, 3.63) is 29.5 Å². The van der Waals surface area contributed by atoms with Crippen molar-refractivity contribution in [3.8, 4) is 5.75 Å². The van der Waals surface area contributed by atoms with Gasteiger partial charge in [0.05, 0.1) is 6.61 Å². The maximum absolute atomic E-state index is 8.86. The summed E-state index contributed by atoms with van der Waals surface area (Å²) in [6, 6.07) is 6.36. The Morgan fingerprint density at radius 1 is 1.45 bits per heavy atom. The van der Waals surface area contributed by atoms with Crippen LogP contribution in [-0.2, 0) is 19.4 Å². The lowest BCUT2D eigenvalue weighted by atomic mass is 10.0. The van der Waals surface area contributed by atoms with Crippen LogP contribution in [0.5, 0.6) is 5.75 Å². The molecular formula is C16H22N2O2. The first-order valence-corrected chi connectivity index (χ1v) is 7.34. The van der Waals surface area contributed by atoms with E-state index in [0.29, 0.717) is 6.61 Å². The molecule has 1 aromatic heterocycles. The number of aryl methyl sites for hydroxylation is 1. The zero-order valence-electron chi connectivity index (χ0n) is 11.9. The number of aliphatic hydroxyl groups is 1. The van der Waals surface area contributed by atoms with Gasteiger partial charge in [0.15, 0.2) is 0 Å². The summed E-state index contributed by atoms with van der Waals surface area (Å²) < 4.78 is 7.95. The van der Waals surface area contributed by atoms with Gasteiger partial charge in [0.25, 0.3) is 0 Å². The summed E-state index contributed by atoms with van der Waals surface area (Å²) >= 11 is 0. The molecular weight excluding hydrogens is 252 g/mol. The van der Waals surface area contributed by atoms with Crippen molar-refractivity contribution >= 4 is 10.9 Å². The van der Waals surface area contributed by atoms with Crippen LogP contribution in [0.25, 0.3) is 10.9 Å². The largest absolute Gasteiger partial charge is 0.491 e. The Bertz CT molecular complexity index is 616. The number of nitrogens with zero attached hydrogens (tertiary/aromatic N) is 1. The molecule has 4 nitrogen and oxygen atoms in total. The number of hydrogen-bond acceptors (Lipinski definition) is 3. The zero-order chi connectivity index (χ0) is 14.1. The minimum absolute atomic E-state index is 0.0387. The second-order valence-corrected chi connectivity index (χ2v) is 5.61. The number of hydrogen-bond donors (Lipinski definition) is 2. The molecule has 1 unspecified atom stereocenters. The highest BCUT2D eigenvalue weighted by molar-refractivity contribution is 5.87. The number of benzene rings is 1. The van der Waals surface area contributed by atoms with Crippen LogP contribution in [0.15, 0.2) is 18.2 Å². The summed E-state index contributed by atoms with van der Waals surface area (Å²) in [5.74, 6) is 0.821. The van der Waals surface area contributed by atoms with E-state index in [0.717, 1.165) is 25.1 Å². The molecule has 0 bridgehead atoms. The van der Waals surface area contributed by atoms with Crippen molar-refractivity contribution < 1.29 is 9.84 Å². The molecule has 0 fully saturated rings. The molecule has 0 saturated carbocycles. The van der Waals surface area contributed by atoms with E-state index < -0.39 is 0 Å². The van der Waals surface area contributed by atoms with Gasteiger partial charge < -0.3 is 20.1 Å². The summed E-state index contributed by atoms with van der Waals surface area (Å²) in [5, 5.41) is 10.1. The standard InChI is InChI=1S/C16H22N2O2/c1-11(17)9-13-14-10-12(20-8-7-19)4-5-16(14)18-6-2-3-15(13)18/h4-5,10-11,19H,2-3,6-9,17H2,1H3. The molecule has 4 heteroatoms. The van der Waals surface area contributed by atoms with Gasteiger partial charge >= 0.3 is 0 Å². The second kappa shape index (κ2) is 5.46. The molecule has 0 amide bonds. The van der Waals surface area contributed by atoms with Gasteiger partial charge in [-0.25, -0.2) is 0 Å². The minimum Gasteiger partial charge on any atom is -0.491 e. The fourth-order valence-electron chi connectivity index (χ4n) is 3.20. The quantitative estimate of drug-likeness (QED) is 0.874. The Hall–Kier alpha value is -1.52. The summed E-state index contributed by atoms with van der Waals surface area (Å²) in [6.45, 7) is 3.53. The number of rotatable bonds is 5. The third-order valence-corrected chi connectivity index (χ3v) is 3.94. The van der Waals surface area contributed by atoms with Crippen LogP contribution >= 0.6 is 0 Å². The number of aromatic nitrogens is 1. The predicted octanol–water partition coefficient (Wildman–Crippen LogP) is 1.85.